The Kier molecular flexibility index (Phi) is 5.13. The Bertz CT molecular complexity index is 872. The van der Waals surface area contributed by atoms with Crippen LogP contribution in [0.25, 0.3) is 0 Å². The van der Waals surface area contributed by atoms with E-state index in [4.69, 9.17) is 16.3 Å². The fraction of sp³-hybridized carbons (Fsp3) is 0.263. The van der Waals surface area contributed by atoms with E-state index >= 15 is 0 Å². The first kappa shape index (κ1) is 18.2. The van der Waals surface area contributed by atoms with Crippen LogP contribution in [0.5, 0.6) is 5.75 Å². The summed E-state index contributed by atoms with van der Waals surface area (Å²) in [7, 11) is 1.50. The standard InChI is InChI=1S/C19H18ClFN2O3/c1-11-6-16(17(26-2)9-15(11)20)23-10-12(7-18(23)24)19(25)22-14-5-3-4-13(21)8-14/h3-6,8-9,12H,7,10H2,1-2H3,(H,22,25). The van der Waals surface area contributed by atoms with Crippen LogP contribution in [0, 0.1) is 18.7 Å². The number of amides is 2. The summed E-state index contributed by atoms with van der Waals surface area (Å²) in [5, 5.41) is 3.20. The molecular formula is C19H18ClFN2O3. The molecule has 1 heterocycles. The summed E-state index contributed by atoms with van der Waals surface area (Å²) in [6.07, 6.45) is 0.0754. The number of nitrogens with one attached hydrogen (secondary N) is 1. The van der Waals surface area contributed by atoms with Gasteiger partial charge in [0.15, 0.2) is 0 Å². The molecule has 5 nitrogen and oxygen atoms in total. The van der Waals surface area contributed by atoms with Crippen molar-refractivity contribution < 1.29 is 18.7 Å². The van der Waals surface area contributed by atoms with E-state index in [9.17, 15) is 14.0 Å². The van der Waals surface area contributed by atoms with Crippen LogP contribution in [0.3, 0.4) is 0 Å². The molecule has 2 amide bonds. The number of benzene rings is 2. The fourth-order valence-corrected chi connectivity index (χ4v) is 3.10. The van der Waals surface area contributed by atoms with E-state index in [-0.39, 0.29) is 24.8 Å². The van der Waals surface area contributed by atoms with E-state index in [2.05, 4.69) is 5.32 Å². The maximum Gasteiger partial charge on any atom is 0.229 e. The van der Waals surface area contributed by atoms with Crippen LogP contribution in [0.15, 0.2) is 36.4 Å². The topological polar surface area (TPSA) is 58.6 Å². The maximum atomic E-state index is 13.3. The molecule has 0 saturated carbocycles. The zero-order valence-corrected chi connectivity index (χ0v) is 15.1. The molecule has 136 valence electrons. The molecule has 3 rings (SSSR count). The molecule has 1 atom stereocenters. The third-order valence-electron chi connectivity index (χ3n) is 4.34. The Morgan fingerprint density at radius 3 is 2.81 bits per heavy atom. The van der Waals surface area contributed by atoms with Gasteiger partial charge in [-0.1, -0.05) is 17.7 Å². The van der Waals surface area contributed by atoms with Crippen LogP contribution in [0.4, 0.5) is 15.8 Å². The summed E-state index contributed by atoms with van der Waals surface area (Å²) in [5.41, 5.74) is 1.75. The predicted molar refractivity (Wildman–Crippen MR) is 98.2 cm³/mol. The van der Waals surface area contributed by atoms with Crippen molar-refractivity contribution in [2.24, 2.45) is 5.92 Å². The third kappa shape index (κ3) is 3.65. The van der Waals surface area contributed by atoms with Crippen molar-refractivity contribution in [1.82, 2.24) is 0 Å². The number of rotatable bonds is 4. The first-order valence-electron chi connectivity index (χ1n) is 8.10. The van der Waals surface area contributed by atoms with Gasteiger partial charge in [0.05, 0.1) is 18.7 Å². The molecule has 1 aliphatic heterocycles. The van der Waals surface area contributed by atoms with Crippen LogP contribution >= 0.6 is 11.6 Å². The van der Waals surface area contributed by atoms with Gasteiger partial charge in [-0.2, -0.15) is 0 Å². The van der Waals surface area contributed by atoms with Crippen LogP contribution in [0.1, 0.15) is 12.0 Å². The first-order valence-corrected chi connectivity index (χ1v) is 8.47. The lowest BCUT2D eigenvalue weighted by atomic mass is 10.1. The summed E-state index contributed by atoms with van der Waals surface area (Å²) in [5.74, 6) is -1.000. The van der Waals surface area contributed by atoms with Crippen molar-refractivity contribution in [1.29, 1.82) is 0 Å². The Hall–Kier alpha value is -2.60. The SMILES string of the molecule is COc1cc(Cl)c(C)cc1N1CC(C(=O)Nc2cccc(F)c2)CC1=O. The number of methoxy groups -OCH3 is 1. The molecule has 0 aliphatic carbocycles. The zero-order valence-electron chi connectivity index (χ0n) is 14.4. The van der Waals surface area contributed by atoms with Crippen LogP contribution in [-0.4, -0.2) is 25.5 Å². The molecule has 1 aliphatic rings. The summed E-state index contributed by atoms with van der Waals surface area (Å²) in [4.78, 5) is 26.4. The van der Waals surface area contributed by atoms with Crippen molar-refractivity contribution in [2.45, 2.75) is 13.3 Å². The highest BCUT2D eigenvalue weighted by atomic mass is 35.5. The molecule has 2 aromatic carbocycles. The number of aryl methyl sites for hydroxylation is 1. The molecule has 1 saturated heterocycles. The van der Waals surface area contributed by atoms with Crippen molar-refractivity contribution in [3.05, 3.63) is 52.8 Å². The minimum atomic E-state index is -0.536. The molecular weight excluding hydrogens is 359 g/mol. The van der Waals surface area contributed by atoms with E-state index < -0.39 is 11.7 Å². The summed E-state index contributed by atoms with van der Waals surface area (Å²) in [6, 6.07) is 9.06. The molecule has 1 unspecified atom stereocenters. The van der Waals surface area contributed by atoms with Gasteiger partial charge in [0, 0.05) is 29.7 Å². The number of anilines is 2. The number of halogens is 2. The van der Waals surface area contributed by atoms with E-state index in [0.29, 0.717) is 22.1 Å². The second-order valence-corrected chi connectivity index (χ2v) is 6.59. The van der Waals surface area contributed by atoms with Gasteiger partial charge < -0.3 is 15.0 Å². The summed E-state index contributed by atoms with van der Waals surface area (Å²) >= 11 is 6.11. The van der Waals surface area contributed by atoms with Gasteiger partial charge in [0.25, 0.3) is 0 Å². The lowest BCUT2D eigenvalue weighted by Gasteiger charge is -2.20. The lowest BCUT2D eigenvalue weighted by molar-refractivity contribution is -0.122. The Morgan fingerprint density at radius 2 is 2.12 bits per heavy atom. The van der Waals surface area contributed by atoms with E-state index in [0.717, 1.165) is 5.56 Å². The number of ether oxygens (including phenoxy) is 1. The quantitative estimate of drug-likeness (QED) is 0.883. The number of hydrogen-bond donors (Lipinski definition) is 1. The molecule has 7 heteroatoms. The van der Waals surface area contributed by atoms with Crippen molar-refractivity contribution in [3.63, 3.8) is 0 Å². The smallest absolute Gasteiger partial charge is 0.229 e. The van der Waals surface area contributed by atoms with Gasteiger partial charge in [-0.15, -0.1) is 0 Å². The summed E-state index contributed by atoms with van der Waals surface area (Å²) in [6.45, 7) is 2.05. The average Bonchev–Trinajstić information content (AvgIpc) is 2.98. The fourth-order valence-electron chi connectivity index (χ4n) is 2.95. The highest BCUT2D eigenvalue weighted by Gasteiger charge is 2.36. The molecule has 0 bridgehead atoms. The first-order chi connectivity index (χ1) is 12.4. The minimum Gasteiger partial charge on any atom is -0.495 e. The van der Waals surface area contributed by atoms with Crippen LogP contribution < -0.4 is 15.0 Å². The van der Waals surface area contributed by atoms with E-state index in [1.807, 2.05) is 6.92 Å². The number of carbonyl (C=O) groups is 2. The largest absolute Gasteiger partial charge is 0.495 e. The highest BCUT2D eigenvalue weighted by Crippen LogP contribution is 2.37. The molecule has 1 N–H and O–H groups in total. The number of carbonyl (C=O) groups excluding carboxylic acids is 2. The Balaban J connectivity index is 1.78. The molecule has 1 fully saturated rings. The van der Waals surface area contributed by atoms with Crippen molar-refractivity contribution in [2.75, 3.05) is 23.9 Å². The Labute approximate surface area is 155 Å². The lowest BCUT2D eigenvalue weighted by Crippen LogP contribution is -2.28. The third-order valence-corrected chi connectivity index (χ3v) is 4.75. The van der Waals surface area contributed by atoms with Gasteiger partial charge in [0.1, 0.15) is 11.6 Å². The van der Waals surface area contributed by atoms with E-state index in [1.54, 1.807) is 18.2 Å². The maximum absolute atomic E-state index is 13.3. The van der Waals surface area contributed by atoms with Crippen molar-refractivity contribution >= 4 is 34.8 Å². The molecule has 2 aromatic rings. The molecule has 0 spiro atoms. The van der Waals surface area contributed by atoms with Crippen molar-refractivity contribution in [3.8, 4) is 5.75 Å². The molecule has 0 radical (unpaired) electrons. The van der Waals surface area contributed by atoms with Crippen LogP contribution in [0.2, 0.25) is 5.02 Å². The second kappa shape index (κ2) is 7.33. The van der Waals surface area contributed by atoms with Gasteiger partial charge in [0.2, 0.25) is 11.8 Å². The van der Waals surface area contributed by atoms with Crippen LogP contribution in [-0.2, 0) is 9.59 Å². The second-order valence-electron chi connectivity index (χ2n) is 6.18. The molecule has 0 aromatic heterocycles. The normalized spacial score (nSPS) is 16.7. The minimum absolute atomic E-state index is 0.0754. The van der Waals surface area contributed by atoms with Gasteiger partial charge in [-0.25, -0.2) is 4.39 Å². The zero-order chi connectivity index (χ0) is 18.8. The Morgan fingerprint density at radius 1 is 1.35 bits per heavy atom. The summed E-state index contributed by atoms with van der Waals surface area (Å²) < 4.78 is 18.6. The number of hydrogen-bond acceptors (Lipinski definition) is 3. The molecule has 26 heavy (non-hydrogen) atoms. The highest BCUT2D eigenvalue weighted by molar-refractivity contribution is 6.31. The van der Waals surface area contributed by atoms with Gasteiger partial charge in [-0.05, 0) is 36.8 Å². The van der Waals surface area contributed by atoms with E-state index in [1.165, 1.54) is 30.2 Å². The van der Waals surface area contributed by atoms with Gasteiger partial charge in [-0.3, -0.25) is 9.59 Å². The average molecular weight is 377 g/mol. The monoisotopic (exact) mass is 376 g/mol. The number of nitrogens with zero attached hydrogens (tertiary/aromatic N) is 1. The predicted octanol–water partition coefficient (Wildman–Crippen LogP) is 3.79. The van der Waals surface area contributed by atoms with Gasteiger partial charge >= 0.3 is 0 Å².